The molecular formula is C20H26N4O3. The molecule has 1 aromatic carbocycles. The Labute approximate surface area is 158 Å². The molecule has 3 N–H and O–H groups in total. The molecule has 0 saturated carbocycles. The van der Waals surface area contributed by atoms with Crippen LogP contribution in [0.25, 0.3) is 0 Å². The molecule has 27 heavy (non-hydrogen) atoms. The minimum Gasteiger partial charge on any atom is -0.348 e. The third-order valence-electron chi connectivity index (χ3n) is 5.49. The van der Waals surface area contributed by atoms with E-state index in [0.717, 1.165) is 18.5 Å². The van der Waals surface area contributed by atoms with Gasteiger partial charge >= 0.3 is 0 Å². The fourth-order valence-electron chi connectivity index (χ4n) is 3.76. The lowest BCUT2D eigenvalue weighted by atomic mass is 9.82. The third-order valence-corrected chi connectivity index (χ3v) is 5.49. The maximum atomic E-state index is 13.1. The topological polar surface area (TPSA) is 98.3 Å². The number of carbonyl (C=O) groups excluding carboxylic acids is 2. The molecule has 144 valence electrons. The van der Waals surface area contributed by atoms with E-state index in [1.165, 1.54) is 17.5 Å². The van der Waals surface area contributed by atoms with Gasteiger partial charge in [0.25, 0.3) is 5.91 Å². The van der Waals surface area contributed by atoms with Crippen molar-refractivity contribution in [3.8, 4) is 0 Å². The first kappa shape index (κ1) is 19.1. The molecule has 1 aromatic heterocycles. The van der Waals surface area contributed by atoms with Gasteiger partial charge in [-0.15, -0.1) is 0 Å². The highest BCUT2D eigenvalue weighted by molar-refractivity contribution is 5.91. The molecule has 1 unspecified atom stereocenters. The zero-order chi connectivity index (χ0) is 19.4. The first-order valence-electron chi connectivity index (χ1n) is 9.21. The summed E-state index contributed by atoms with van der Waals surface area (Å²) in [6, 6.07) is 7.54. The van der Waals surface area contributed by atoms with Gasteiger partial charge < -0.3 is 9.88 Å². The monoisotopic (exact) mass is 370 g/mol. The summed E-state index contributed by atoms with van der Waals surface area (Å²) in [4.78, 5) is 33.8. The number of aryl methyl sites for hydroxylation is 2. The van der Waals surface area contributed by atoms with Gasteiger partial charge in [0.15, 0.2) is 0 Å². The Morgan fingerprint density at radius 1 is 1.48 bits per heavy atom. The predicted octanol–water partition coefficient (Wildman–Crippen LogP) is 2.01. The predicted molar refractivity (Wildman–Crippen MR) is 99.9 cm³/mol. The van der Waals surface area contributed by atoms with Crippen molar-refractivity contribution >= 4 is 11.8 Å². The lowest BCUT2D eigenvalue weighted by molar-refractivity contribution is -0.145. The van der Waals surface area contributed by atoms with Crippen LogP contribution in [0.2, 0.25) is 0 Å². The van der Waals surface area contributed by atoms with Crippen LogP contribution >= 0.6 is 0 Å². The number of hydrogen-bond acceptors (Lipinski definition) is 4. The Kier molecular flexibility index (Phi) is 5.60. The van der Waals surface area contributed by atoms with E-state index in [1.807, 2.05) is 13.0 Å². The second-order valence-corrected chi connectivity index (χ2v) is 7.57. The zero-order valence-corrected chi connectivity index (χ0v) is 15.7. The molecule has 2 atom stereocenters. The molecule has 1 aliphatic heterocycles. The lowest BCUT2D eigenvalue weighted by Gasteiger charge is -2.28. The van der Waals surface area contributed by atoms with Crippen LogP contribution in [-0.4, -0.2) is 44.5 Å². The maximum absolute atomic E-state index is 13.1. The molecule has 1 saturated heterocycles. The summed E-state index contributed by atoms with van der Waals surface area (Å²) >= 11 is 0. The van der Waals surface area contributed by atoms with E-state index in [-0.39, 0.29) is 12.3 Å². The molecule has 1 aliphatic rings. The average molecular weight is 370 g/mol. The summed E-state index contributed by atoms with van der Waals surface area (Å²) in [7, 11) is 0. The zero-order valence-electron chi connectivity index (χ0n) is 15.7. The number of likely N-dealkylation sites (tertiary alicyclic amines) is 1. The van der Waals surface area contributed by atoms with E-state index in [4.69, 9.17) is 5.21 Å². The molecule has 7 nitrogen and oxygen atoms in total. The van der Waals surface area contributed by atoms with Crippen molar-refractivity contribution in [3.63, 3.8) is 0 Å². The molecule has 0 bridgehead atoms. The highest BCUT2D eigenvalue weighted by Crippen LogP contribution is 2.37. The van der Waals surface area contributed by atoms with Crippen molar-refractivity contribution < 1.29 is 14.8 Å². The molecule has 2 aromatic rings. The molecule has 1 fully saturated rings. The van der Waals surface area contributed by atoms with Crippen molar-refractivity contribution in [3.05, 3.63) is 53.6 Å². The van der Waals surface area contributed by atoms with E-state index in [2.05, 4.69) is 35.1 Å². The molecule has 7 heteroatoms. The van der Waals surface area contributed by atoms with Crippen LogP contribution in [0.15, 0.2) is 36.8 Å². The van der Waals surface area contributed by atoms with Crippen LogP contribution in [0.4, 0.5) is 0 Å². The van der Waals surface area contributed by atoms with Gasteiger partial charge in [0.1, 0.15) is 6.04 Å². The minimum atomic E-state index is -0.760. The molecule has 0 aliphatic carbocycles. The Morgan fingerprint density at radius 2 is 2.30 bits per heavy atom. The highest BCUT2D eigenvalue weighted by Gasteiger charge is 2.46. The molecule has 0 spiro atoms. The summed E-state index contributed by atoms with van der Waals surface area (Å²) in [6.07, 6.45) is 5.66. The minimum absolute atomic E-state index is 0.0386. The van der Waals surface area contributed by atoms with Crippen LogP contribution in [0.5, 0.6) is 0 Å². The van der Waals surface area contributed by atoms with Crippen molar-refractivity contribution in [2.75, 3.05) is 6.54 Å². The van der Waals surface area contributed by atoms with E-state index in [9.17, 15) is 9.59 Å². The largest absolute Gasteiger partial charge is 0.348 e. The first-order valence-corrected chi connectivity index (χ1v) is 9.21. The van der Waals surface area contributed by atoms with Gasteiger partial charge in [-0.05, 0) is 31.7 Å². The van der Waals surface area contributed by atoms with Crippen molar-refractivity contribution in [2.45, 2.75) is 45.6 Å². The number of benzene rings is 1. The number of aromatic nitrogens is 2. The number of rotatable bonds is 7. The van der Waals surface area contributed by atoms with Crippen LogP contribution in [0, 0.1) is 12.3 Å². The first-order chi connectivity index (χ1) is 12.9. The van der Waals surface area contributed by atoms with E-state index >= 15 is 0 Å². The van der Waals surface area contributed by atoms with E-state index in [0.29, 0.717) is 13.0 Å². The number of carbonyl (C=O) groups is 2. The van der Waals surface area contributed by atoms with Crippen LogP contribution in [-0.2, 0) is 22.4 Å². The Bertz CT molecular complexity index is 805. The number of imidazole rings is 1. The van der Waals surface area contributed by atoms with Crippen LogP contribution in [0.3, 0.4) is 0 Å². The fraction of sp³-hybridized carbons (Fsp3) is 0.450. The van der Waals surface area contributed by atoms with E-state index < -0.39 is 17.4 Å². The quantitative estimate of drug-likeness (QED) is 0.513. The number of nitrogens with one attached hydrogen (secondary N) is 2. The highest BCUT2D eigenvalue weighted by atomic mass is 16.5. The van der Waals surface area contributed by atoms with Crippen LogP contribution in [0.1, 0.15) is 36.6 Å². The standard InChI is InChI=1S/C20H26N4O3/c1-14-4-3-5-15(10-14)6-7-20(2)8-9-24(19(20)26)17(18(25)23-27)11-16-12-21-13-22-16/h3-5,10,12-13,17,27H,6-9,11H2,1-2H3,(H,21,22)(H,23,25)/t17-,20?/m1/s1. The Balaban J connectivity index is 1.71. The summed E-state index contributed by atoms with van der Waals surface area (Å²) in [5.41, 5.74) is 4.35. The summed E-state index contributed by atoms with van der Waals surface area (Å²) in [5.74, 6) is -0.621. The number of hydrogen-bond donors (Lipinski definition) is 3. The molecule has 2 amide bonds. The Morgan fingerprint density at radius 3 is 2.96 bits per heavy atom. The van der Waals surface area contributed by atoms with Gasteiger partial charge in [-0.1, -0.05) is 36.8 Å². The lowest BCUT2D eigenvalue weighted by Crippen LogP contribution is -2.49. The molecule has 0 radical (unpaired) electrons. The number of H-pyrrole nitrogens is 1. The van der Waals surface area contributed by atoms with Crippen molar-refractivity contribution in [1.29, 1.82) is 0 Å². The SMILES string of the molecule is Cc1cccc(CCC2(C)CCN([C@H](Cc3cnc[nH]3)C(=O)NO)C2=O)c1. The second-order valence-electron chi connectivity index (χ2n) is 7.57. The van der Waals surface area contributed by atoms with Gasteiger partial charge in [-0.25, -0.2) is 10.5 Å². The van der Waals surface area contributed by atoms with Crippen molar-refractivity contribution in [1.82, 2.24) is 20.3 Å². The number of aromatic amines is 1. The summed E-state index contributed by atoms with van der Waals surface area (Å²) < 4.78 is 0. The number of hydroxylamine groups is 1. The van der Waals surface area contributed by atoms with Gasteiger partial charge in [0.2, 0.25) is 5.91 Å². The molecular weight excluding hydrogens is 344 g/mol. The van der Waals surface area contributed by atoms with Crippen LogP contribution < -0.4 is 5.48 Å². The van der Waals surface area contributed by atoms with Crippen molar-refractivity contribution in [2.24, 2.45) is 5.41 Å². The average Bonchev–Trinajstić information content (AvgIpc) is 3.27. The maximum Gasteiger partial charge on any atom is 0.266 e. The molecule has 2 heterocycles. The fourth-order valence-corrected chi connectivity index (χ4v) is 3.76. The van der Waals surface area contributed by atoms with Gasteiger partial charge in [0.05, 0.1) is 6.33 Å². The second kappa shape index (κ2) is 7.92. The number of amides is 2. The summed E-state index contributed by atoms with van der Waals surface area (Å²) in [5, 5.41) is 9.13. The molecule has 3 rings (SSSR count). The number of nitrogens with zero attached hydrogens (tertiary/aromatic N) is 2. The summed E-state index contributed by atoms with van der Waals surface area (Å²) in [6.45, 7) is 4.52. The van der Waals surface area contributed by atoms with E-state index in [1.54, 1.807) is 16.6 Å². The van der Waals surface area contributed by atoms with Gasteiger partial charge in [-0.3, -0.25) is 14.8 Å². The Hall–Kier alpha value is -2.67. The smallest absolute Gasteiger partial charge is 0.266 e. The van der Waals surface area contributed by atoms with Gasteiger partial charge in [0, 0.05) is 30.3 Å². The van der Waals surface area contributed by atoms with Gasteiger partial charge in [-0.2, -0.15) is 0 Å². The normalized spacial score (nSPS) is 20.7. The third kappa shape index (κ3) is 4.19.